The van der Waals surface area contributed by atoms with Crippen molar-refractivity contribution in [2.75, 3.05) is 38.4 Å². The van der Waals surface area contributed by atoms with Crippen LogP contribution in [0.15, 0.2) is 47.5 Å². The smallest absolute Gasteiger partial charge is 0.401 e. The van der Waals surface area contributed by atoms with Crippen molar-refractivity contribution < 1.29 is 26.3 Å². The van der Waals surface area contributed by atoms with Gasteiger partial charge in [-0.2, -0.15) is 18.2 Å². The first-order valence-electron chi connectivity index (χ1n) is 12.5. The average molecular weight is 599 g/mol. The molecule has 1 aromatic heterocycles. The Morgan fingerprint density at radius 2 is 1.80 bits per heavy atom. The minimum atomic E-state index is -4.26. The Kier molecular flexibility index (Phi) is 9.08. The van der Waals surface area contributed by atoms with Gasteiger partial charge in [-0.05, 0) is 55.0 Å². The molecule has 2 aromatic carbocycles. The van der Waals surface area contributed by atoms with E-state index in [1.165, 1.54) is 33.5 Å². The molecule has 0 amide bonds. The van der Waals surface area contributed by atoms with Crippen molar-refractivity contribution >= 4 is 44.8 Å². The number of nitrogens with one attached hydrogen (secondary N) is 3. The van der Waals surface area contributed by atoms with Crippen molar-refractivity contribution in [3.8, 4) is 5.75 Å². The van der Waals surface area contributed by atoms with Gasteiger partial charge in [0.25, 0.3) is 0 Å². The molecule has 1 aliphatic carbocycles. The summed E-state index contributed by atoms with van der Waals surface area (Å²) in [7, 11) is 0.674. The lowest BCUT2D eigenvalue weighted by Gasteiger charge is -2.18. The number of halogens is 4. The normalized spacial score (nSPS) is 15.8. The molecular formula is C26H30ClF3N6O3S. The van der Waals surface area contributed by atoms with E-state index in [1.54, 1.807) is 18.2 Å². The predicted molar refractivity (Wildman–Crippen MR) is 148 cm³/mol. The number of benzene rings is 2. The molecule has 1 heterocycles. The highest BCUT2D eigenvalue weighted by Crippen LogP contribution is 2.37. The summed E-state index contributed by atoms with van der Waals surface area (Å²) in [6, 6.07) is 9.87. The summed E-state index contributed by atoms with van der Waals surface area (Å²) in [4.78, 5) is 8.75. The number of fused-ring (bicyclic) bond motifs is 1. The van der Waals surface area contributed by atoms with Gasteiger partial charge in [0.05, 0.1) is 31.2 Å². The molecule has 4 rings (SSSR count). The van der Waals surface area contributed by atoms with E-state index in [0.29, 0.717) is 42.8 Å². The molecule has 9 nitrogen and oxygen atoms in total. The lowest BCUT2D eigenvalue weighted by atomic mass is 10.0. The van der Waals surface area contributed by atoms with E-state index in [4.69, 9.17) is 16.3 Å². The molecule has 1 aliphatic rings. The third kappa shape index (κ3) is 6.95. The second kappa shape index (κ2) is 12.2. The molecule has 1 unspecified atom stereocenters. The Morgan fingerprint density at radius 3 is 2.50 bits per heavy atom. The molecule has 0 saturated carbocycles. The van der Waals surface area contributed by atoms with Gasteiger partial charge < -0.3 is 20.7 Å². The van der Waals surface area contributed by atoms with Crippen LogP contribution in [0.3, 0.4) is 0 Å². The maximum absolute atomic E-state index is 12.8. The van der Waals surface area contributed by atoms with Gasteiger partial charge >= 0.3 is 6.18 Å². The number of nitrogens with zero attached hydrogens (tertiary/aromatic N) is 3. The van der Waals surface area contributed by atoms with Crippen LogP contribution < -0.4 is 20.7 Å². The van der Waals surface area contributed by atoms with E-state index in [0.717, 1.165) is 15.4 Å². The topological polar surface area (TPSA) is 108 Å². The predicted octanol–water partition coefficient (Wildman–Crippen LogP) is 5.28. The molecular weight excluding hydrogens is 569 g/mol. The van der Waals surface area contributed by atoms with Gasteiger partial charge in [0, 0.05) is 20.1 Å². The third-order valence-corrected chi connectivity index (χ3v) is 8.70. The average Bonchev–Trinajstić information content (AvgIpc) is 3.11. The second-order valence-corrected chi connectivity index (χ2v) is 12.0. The molecule has 0 spiro atoms. The lowest BCUT2D eigenvalue weighted by Crippen LogP contribution is -2.37. The zero-order valence-electron chi connectivity index (χ0n) is 22.1. The molecule has 0 fully saturated rings. The lowest BCUT2D eigenvalue weighted by molar-refractivity contribution is -0.126. The fourth-order valence-corrected chi connectivity index (χ4v) is 5.70. The summed E-state index contributed by atoms with van der Waals surface area (Å²) in [6.45, 7) is -1.02. The fourth-order valence-electron chi connectivity index (χ4n) is 4.52. The van der Waals surface area contributed by atoms with Crippen LogP contribution in [0.1, 0.15) is 24.0 Å². The number of aromatic nitrogens is 2. The molecule has 0 bridgehead atoms. The van der Waals surface area contributed by atoms with Crippen LogP contribution in [0.4, 0.5) is 36.3 Å². The molecule has 0 radical (unpaired) electrons. The SMILES string of the molecule is COc1c(Nc2ncc(Cl)c(Nc3ccccc3S(=O)(=O)N(C)C)n2)ccc2c1CCC(NCC(F)(F)F)CC2. The van der Waals surface area contributed by atoms with Gasteiger partial charge in [-0.15, -0.1) is 0 Å². The van der Waals surface area contributed by atoms with E-state index in [9.17, 15) is 21.6 Å². The number of rotatable bonds is 9. The summed E-state index contributed by atoms with van der Waals surface area (Å²) < 4.78 is 70.5. The number of para-hydroxylation sites is 1. The fraction of sp³-hybridized carbons (Fsp3) is 0.385. The Balaban J connectivity index is 1.57. The monoisotopic (exact) mass is 598 g/mol. The van der Waals surface area contributed by atoms with Crippen molar-refractivity contribution in [3.05, 3.63) is 58.7 Å². The van der Waals surface area contributed by atoms with Crippen LogP contribution in [0, 0.1) is 0 Å². The van der Waals surface area contributed by atoms with Crippen LogP contribution >= 0.6 is 11.6 Å². The number of alkyl halides is 3. The number of ether oxygens (including phenoxy) is 1. The standard InChI is InChI=1S/C26H30ClF3N6O3S/c1-36(2)40(37,38)22-7-5-4-6-20(22)33-24-19(27)14-31-25(35-24)34-21-13-9-16-8-10-17(32-15-26(28,29)30)11-12-18(16)23(21)39-3/h4-7,9,13-14,17,32H,8,10-12,15H2,1-3H3,(H2,31,33,34,35). The van der Waals surface area contributed by atoms with Crippen molar-refractivity contribution in [1.82, 2.24) is 19.6 Å². The first-order chi connectivity index (χ1) is 18.9. The number of hydrogen-bond acceptors (Lipinski definition) is 8. The first kappa shape index (κ1) is 29.8. The zero-order valence-corrected chi connectivity index (χ0v) is 23.7. The van der Waals surface area contributed by atoms with Crippen molar-refractivity contribution in [2.24, 2.45) is 0 Å². The van der Waals surface area contributed by atoms with E-state index >= 15 is 0 Å². The molecule has 3 aromatic rings. The van der Waals surface area contributed by atoms with Gasteiger partial charge in [0.1, 0.15) is 15.7 Å². The van der Waals surface area contributed by atoms with Crippen LogP contribution in [-0.4, -0.2) is 62.7 Å². The number of sulfonamides is 1. The van der Waals surface area contributed by atoms with Crippen molar-refractivity contribution in [2.45, 2.75) is 42.8 Å². The Morgan fingerprint density at radius 1 is 1.07 bits per heavy atom. The minimum Gasteiger partial charge on any atom is -0.494 e. The Labute approximate surface area is 236 Å². The Bertz CT molecular complexity index is 1470. The van der Waals surface area contributed by atoms with Crippen LogP contribution in [0.2, 0.25) is 5.02 Å². The molecule has 216 valence electrons. The summed E-state index contributed by atoms with van der Waals surface area (Å²) in [5, 5.41) is 8.92. The number of anilines is 4. The number of aryl methyl sites for hydroxylation is 1. The third-order valence-electron chi connectivity index (χ3n) is 6.55. The van der Waals surface area contributed by atoms with Crippen molar-refractivity contribution in [3.63, 3.8) is 0 Å². The first-order valence-corrected chi connectivity index (χ1v) is 14.3. The highest BCUT2D eigenvalue weighted by atomic mass is 35.5. The zero-order chi connectivity index (χ0) is 29.1. The van der Waals surface area contributed by atoms with Gasteiger partial charge in [-0.3, -0.25) is 0 Å². The largest absolute Gasteiger partial charge is 0.494 e. The summed E-state index contributed by atoms with van der Waals surface area (Å²) in [5.74, 6) is 0.925. The quantitative estimate of drug-likeness (QED) is 0.286. The van der Waals surface area contributed by atoms with Crippen LogP contribution in [-0.2, 0) is 22.9 Å². The van der Waals surface area contributed by atoms with Gasteiger partial charge in [-0.1, -0.05) is 29.8 Å². The molecule has 40 heavy (non-hydrogen) atoms. The molecule has 1 atom stereocenters. The van der Waals surface area contributed by atoms with Crippen molar-refractivity contribution in [1.29, 1.82) is 0 Å². The minimum absolute atomic E-state index is 0.0552. The number of methoxy groups -OCH3 is 1. The van der Waals surface area contributed by atoms with Gasteiger partial charge in [-0.25, -0.2) is 17.7 Å². The maximum atomic E-state index is 12.8. The summed E-state index contributed by atoms with van der Waals surface area (Å²) >= 11 is 6.34. The van der Waals surface area contributed by atoms with Gasteiger partial charge in [0.15, 0.2) is 5.82 Å². The molecule has 0 saturated heterocycles. The maximum Gasteiger partial charge on any atom is 0.401 e. The van der Waals surface area contributed by atoms with Crippen LogP contribution in [0.25, 0.3) is 0 Å². The highest BCUT2D eigenvalue weighted by molar-refractivity contribution is 7.89. The number of hydrogen-bond donors (Lipinski definition) is 3. The highest BCUT2D eigenvalue weighted by Gasteiger charge is 2.29. The van der Waals surface area contributed by atoms with Gasteiger partial charge in [0.2, 0.25) is 16.0 Å². The van der Waals surface area contributed by atoms with E-state index in [2.05, 4.69) is 25.9 Å². The van der Waals surface area contributed by atoms with E-state index < -0.39 is 22.7 Å². The van der Waals surface area contributed by atoms with Crippen LogP contribution in [0.5, 0.6) is 5.75 Å². The summed E-state index contributed by atoms with van der Waals surface area (Å²) in [6.07, 6.45) is -0.613. The molecule has 3 N–H and O–H groups in total. The summed E-state index contributed by atoms with van der Waals surface area (Å²) in [5.41, 5.74) is 2.79. The second-order valence-electron chi connectivity index (χ2n) is 9.48. The molecule has 0 aliphatic heterocycles. The van der Waals surface area contributed by atoms with E-state index in [-0.39, 0.29) is 27.7 Å². The Hall–Kier alpha value is -3.13. The molecule has 14 heteroatoms. The van der Waals surface area contributed by atoms with E-state index in [1.807, 2.05) is 12.1 Å².